The molecule has 3 unspecified atom stereocenters. The van der Waals surface area contributed by atoms with Gasteiger partial charge in [0.2, 0.25) is 0 Å². The number of rotatable bonds is 1. The molecule has 1 saturated carbocycles. The number of hydrogen-bond donors (Lipinski definition) is 1. The lowest BCUT2D eigenvalue weighted by molar-refractivity contribution is 0.168. The molecule has 1 N–H and O–H groups in total. The lowest BCUT2D eigenvalue weighted by Gasteiger charge is -2.36. The molecule has 0 aromatic heterocycles. The average Bonchev–Trinajstić information content (AvgIpc) is 2.49. The first kappa shape index (κ1) is 8.55. The van der Waals surface area contributed by atoms with E-state index >= 15 is 0 Å². The summed E-state index contributed by atoms with van der Waals surface area (Å²) >= 11 is 0. The molecule has 0 spiro atoms. The fraction of sp³-hybridized carbons (Fsp3) is 1.00. The first-order valence-electron chi connectivity index (χ1n) is 5.52. The largest absolute Gasteiger partial charge is 0.314 e. The normalized spacial score (nSPS) is 41.8. The van der Waals surface area contributed by atoms with Crippen molar-refractivity contribution in [2.24, 2.45) is 17.8 Å². The Morgan fingerprint density at radius 3 is 2.75 bits per heavy atom. The Labute approximate surface area is 75.9 Å². The summed E-state index contributed by atoms with van der Waals surface area (Å²) in [6.45, 7) is 6.06. The predicted octanol–water partition coefficient (Wildman–Crippen LogP) is 2.42. The van der Waals surface area contributed by atoms with E-state index in [1.807, 2.05) is 0 Å². The second kappa shape index (κ2) is 3.37. The van der Waals surface area contributed by atoms with E-state index in [9.17, 15) is 0 Å². The first-order valence-corrected chi connectivity index (χ1v) is 5.52. The first-order chi connectivity index (χ1) is 5.79. The van der Waals surface area contributed by atoms with Gasteiger partial charge >= 0.3 is 0 Å². The molecule has 1 heteroatoms. The van der Waals surface area contributed by atoms with Gasteiger partial charge in [-0.05, 0) is 43.6 Å². The predicted molar refractivity (Wildman–Crippen MR) is 52.1 cm³/mol. The summed E-state index contributed by atoms with van der Waals surface area (Å²) in [6.07, 6.45) is 5.82. The van der Waals surface area contributed by atoms with Crippen molar-refractivity contribution in [2.45, 2.75) is 45.6 Å². The molecule has 70 valence electrons. The summed E-state index contributed by atoms with van der Waals surface area (Å²) in [7, 11) is 0. The van der Waals surface area contributed by atoms with Gasteiger partial charge in [0, 0.05) is 6.04 Å². The van der Waals surface area contributed by atoms with Gasteiger partial charge in [-0.2, -0.15) is 0 Å². The quantitative estimate of drug-likeness (QED) is 0.632. The van der Waals surface area contributed by atoms with Crippen LogP contribution in [0.1, 0.15) is 39.5 Å². The monoisotopic (exact) mass is 167 g/mol. The summed E-state index contributed by atoms with van der Waals surface area (Å²) in [6, 6.07) is 0.881. The topological polar surface area (TPSA) is 12.0 Å². The lowest BCUT2D eigenvalue weighted by Crippen LogP contribution is -2.36. The zero-order chi connectivity index (χ0) is 8.55. The lowest BCUT2D eigenvalue weighted by atomic mass is 9.71. The molecular formula is C11H21N. The summed E-state index contributed by atoms with van der Waals surface area (Å²) in [5.41, 5.74) is 0. The average molecular weight is 167 g/mol. The third-order valence-electron chi connectivity index (χ3n) is 3.86. The molecule has 0 amide bonds. The maximum absolute atomic E-state index is 3.64. The van der Waals surface area contributed by atoms with E-state index in [0.29, 0.717) is 0 Å². The van der Waals surface area contributed by atoms with Crippen molar-refractivity contribution in [2.75, 3.05) is 6.54 Å². The van der Waals surface area contributed by atoms with Gasteiger partial charge in [-0.1, -0.05) is 20.3 Å². The van der Waals surface area contributed by atoms with Crippen LogP contribution in [-0.2, 0) is 0 Å². The van der Waals surface area contributed by atoms with Crippen molar-refractivity contribution in [1.82, 2.24) is 5.32 Å². The van der Waals surface area contributed by atoms with Crippen LogP contribution in [0.15, 0.2) is 0 Å². The third-order valence-corrected chi connectivity index (χ3v) is 3.86. The maximum atomic E-state index is 3.64. The van der Waals surface area contributed by atoms with Crippen LogP contribution >= 0.6 is 0 Å². The number of hydrogen-bond acceptors (Lipinski definition) is 1. The van der Waals surface area contributed by atoms with Gasteiger partial charge in [-0.25, -0.2) is 0 Å². The third kappa shape index (κ3) is 1.39. The molecule has 1 aliphatic carbocycles. The summed E-state index contributed by atoms with van der Waals surface area (Å²) in [4.78, 5) is 0. The highest BCUT2D eigenvalue weighted by Crippen LogP contribution is 2.39. The minimum absolute atomic E-state index is 0.881. The molecule has 0 radical (unpaired) electrons. The molecule has 0 aromatic carbocycles. The zero-order valence-electron chi connectivity index (χ0n) is 8.34. The minimum Gasteiger partial charge on any atom is -0.314 e. The van der Waals surface area contributed by atoms with Gasteiger partial charge in [0.1, 0.15) is 0 Å². The Kier molecular flexibility index (Phi) is 2.40. The zero-order valence-corrected chi connectivity index (χ0v) is 8.34. The van der Waals surface area contributed by atoms with E-state index in [1.165, 1.54) is 32.2 Å². The molecule has 12 heavy (non-hydrogen) atoms. The fourth-order valence-corrected chi connectivity index (χ4v) is 3.23. The minimum atomic E-state index is 0.881. The Morgan fingerprint density at radius 1 is 1.17 bits per heavy atom. The van der Waals surface area contributed by atoms with Crippen LogP contribution in [-0.4, -0.2) is 12.6 Å². The molecule has 3 atom stereocenters. The highest BCUT2D eigenvalue weighted by atomic mass is 15.0. The van der Waals surface area contributed by atoms with Crippen molar-refractivity contribution in [3.63, 3.8) is 0 Å². The van der Waals surface area contributed by atoms with E-state index in [1.54, 1.807) is 0 Å². The van der Waals surface area contributed by atoms with Gasteiger partial charge in [0.15, 0.2) is 0 Å². The van der Waals surface area contributed by atoms with Gasteiger partial charge < -0.3 is 5.32 Å². The fourth-order valence-electron chi connectivity index (χ4n) is 3.23. The summed E-state index contributed by atoms with van der Waals surface area (Å²) in [5.74, 6) is 2.93. The van der Waals surface area contributed by atoms with Crippen molar-refractivity contribution >= 4 is 0 Å². The van der Waals surface area contributed by atoms with E-state index in [2.05, 4.69) is 19.2 Å². The molecule has 0 aromatic rings. The molecule has 1 aliphatic heterocycles. The van der Waals surface area contributed by atoms with Gasteiger partial charge in [0.05, 0.1) is 0 Å². The van der Waals surface area contributed by atoms with E-state index in [4.69, 9.17) is 0 Å². The van der Waals surface area contributed by atoms with Crippen molar-refractivity contribution in [1.29, 1.82) is 0 Å². The smallest absolute Gasteiger partial charge is 0.00985 e. The van der Waals surface area contributed by atoms with Crippen LogP contribution in [0.5, 0.6) is 0 Å². The van der Waals surface area contributed by atoms with E-state index in [0.717, 1.165) is 23.8 Å². The highest BCUT2D eigenvalue weighted by molar-refractivity contribution is 4.92. The van der Waals surface area contributed by atoms with Crippen molar-refractivity contribution < 1.29 is 0 Å². The Bertz CT molecular complexity index is 153. The Hall–Kier alpha value is -0.0400. The molecule has 1 heterocycles. The standard InChI is InChI=1S/C11H21N/c1-8(2)9-4-3-5-11-10(9)6-7-12-11/h8-12H,3-7H2,1-2H3. The van der Waals surface area contributed by atoms with E-state index < -0.39 is 0 Å². The number of fused-ring (bicyclic) bond motifs is 1. The van der Waals surface area contributed by atoms with Crippen molar-refractivity contribution in [3.8, 4) is 0 Å². The molecular weight excluding hydrogens is 146 g/mol. The van der Waals surface area contributed by atoms with Crippen LogP contribution in [0, 0.1) is 17.8 Å². The second-order valence-electron chi connectivity index (χ2n) is 4.85. The molecule has 1 saturated heterocycles. The second-order valence-corrected chi connectivity index (χ2v) is 4.85. The molecule has 1 nitrogen and oxygen atoms in total. The number of nitrogens with one attached hydrogen (secondary N) is 1. The maximum Gasteiger partial charge on any atom is 0.00985 e. The molecule has 2 aliphatic rings. The van der Waals surface area contributed by atoms with Crippen LogP contribution < -0.4 is 5.32 Å². The van der Waals surface area contributed by atoms with Crippen molar-refractivity contribution in [3.05, 3.63) is 0 Å². The summed E-state index contributed by atoms with van der Waals surface area (Å²) < 4.78 is 0. The van der Waals surface area contributed by atoms with Gasteiger partial charge in [-0.15, -0.1) is 0 Å². The molecule has 0 bridgehead atoms. The van der Waals surface area contributed by atoms with Crippen LogP contribution in [0.3, 0.4) is 0 Å². The van der Waals surface area contributed by atoms with Crippen LogP contribution in [0.25, 0.3) is 0 Å². The Morgan fingerprint density at radius 2 is 2.00 bits per heavy atom. The molecule has 2 rings (SSSR count). The van der Waals surface area contributed by atoms with Crippen LogP contribution in [0.2, 0.25) is 0 Å². The molecule has 2 fully saturated rings. The van der Waals surface area contributed by atoms with Crippen LogP contribution in [0.4, 0.5) is 0 Å². The Balaban J connectivity index is 2.03. The SMILES string of the molecule is CC(C)C1CCCC2NCCC21. The highest BCUT2D eigenvalue weighted by Gasteiger charge is 2.37. The van der Waals surface area contributed by atoms with E-state index in [-0.39, 0.29) is 0 Å². The summed E-state index contributed by atoms with van der Waals surface area (Å²) in [5, 5.41) is 3.64. The van der Waals surface area contributed by atoms with Gasteiger partial charge in [0.25, 0.3) is 0 Å². The van der Waals surface area contributed by atoms with Gasteiger partial charge in [-0.3, -0.25) is 0 Å².